The van der Waals surface area contributed by atoms with Crippen molar-refractivity contribution >= 4 is 11.6 Å². The maximum atomic E-state index is 12.2. The molecule has 0 spiro atoms. The van der Waals surface area contributed by atoms with E-state index in [1.165, 1.54) is 0 Å². The summed E-state index contributed by atoms with van der Waals surface area (Å²) >= 11 is 0. The van der Waals surface area contributed by atoms with Crippen molar-refractivity contribution in [2.45, 2.75) is 26.8 Å². The second-order valence-electron chi connectivity index (χ2n) is 5.38. The van der Waals surface area contributed by atoms with E-state index in [1.54, 1.807) is 0 Å². The van der Waals surface area contributed by atoms with Crippen LogP contribution in [0.5, 0.6) is 5.75 Å². The molecule has 1 aliphatic rings. The molecule has 2 aromatic rings. The summed E-state index contributed by atoms with van der Waals surface area (Å²) in [5.41, 5.74) is 3.42. The second kappa shape index (κ2) is 6.19. The molecule has 2 heterocycles. The van der Waals surface area contributed by atoms with Crippen molar-refractivity contribution in [1.82, 2.24) is 10.5 Å². The van der Waals surface area contributed by atoms with Crippen molar-refractivity contribution < 1.29 is 14.1 Å². The Balaban J connectivity index is 1.70. The van der Waals surface area contributed by atoms with Crippen LogP contribution in [0.4, 0.5) is 5.69 Å². The first-order valence-electron chi connectivity index (χ1n) is 7.31. The molecule has 0 aliphatic carbocycles. The van der Waals surface area contributed by atoms with Gasteiger partial charge in [0, 0.05) is 29.9 Å². The molecule has 6 heteroatoms. The molecular formula is C16H19N3O3. The minimum atomic E-state index is -0.0863. The van der Waals surface area contributed by atoms with Crippen molar-refractivity contribution in [1.29, 1.82) is 0 Å². The number of nitrogens with zero attached hydrogens (tertiary/aromatic N) is 1. The number of ether oxygens (including phenoxy) is 1. The van der Waals surface area contributed by atoms with Crippen molar-refractivity contribution in [3.05, 3.63) is 40.8 Å². The number of carbonyl (C=O) groups excluding carboxylic acids is 1. The summed E-state index contributed by atoms with van der Waals surface area (Å²) in [6, 6.07) is 5.70. The Morgan fingerprint density at radius 1 is 1.41 bits per heavy atom. The average molecular weight is 301 g/mol. The van der Waals surface area contributed by atoms with E-state index in [1.807, 2.05) is 32.0 Å². The molecule has 1 aliphatic heterocycles. The Kier molecular flexibility index (Phi) is 4.11. The number of fused-ring (bicyclic) bond motifs is 1. The van der Waals surface area contributed by atoms with Gasteiger partial charge in [0.1, 0.15) is 18.1 Å². The van der Waals surface area contributed by atoms with Crippen molar-refractivity contribution in [3.63, 3.8) is 0 Å². The summed E-state index contributed by atoms with van der Waals surface area (Å²) < 4.78 is 10.7. The molecule has 116 valence electrons. The van der Waals surface area contributed by atoms with Crippen LogP contribution in [0.1, 0.15) is 22.6 Å². The van der Waals surface area contributed by atoms with Crippen LogP contribution in [0.3, 0.4) is 0 Å². The highest BCUT2D eigenvalue weighted by molar-refractivity contribution is 5.92. The van der Waals surface area contributed by atoms with E-state index in [4.69, 9.17) is 9.26 Å². The molecule has 6 nitrogen and oxygen atoms in total. The Morgan fingerprint density at radius 2 is 2.27 bits per heavy atom. The maximum Gasteiger partial charge on any atom is 0.228 e. The van der Waals surface area contributed by atoms with Gasteiger partial charge in [-0.1, -0.05) is 5.16 Å². The molecule has 0 fully saturated rings. The average Bonchev–Trinajstić information content (AvgIpc) is 2.70. The number of nitrogens with one attached hydrogen (secondary N) is 2. The maximum absolute atomic E-state index is 12.2. The zero-order chi connectivity index (χ0) is 15.5. The molecule has 3 rings (SSSR count). The number of hydrogen-bond donors (Lipinski definition) is 2. The van der Waals surface area contributed by atoms with E-state index in [-0.39, 0.29) is 12.3 Å². The summed E-state index contributed by atoms with van der Waals surface area (Å²) in [5.74, 6) is 1.47. The standard InChI is InChI=1S/C16H19N3O3/c1-10-14(11(2)22-19-10)8-16(20)18-13-3-4-15-12(7-13)9-17-5-6-21-15/h3-4,7,17H,5-6,8-9H2,1-2H3,(H,18,20). The second-order valence-corrected chi connectivity index (χ2v) is 5.38. The van der Waals surface area contributed by atoms with Gasteiger partial charge in [-0.2, -0.15) is 0 Å². The summed E-state index contributed by atoms with van der Waals surface area (Å²) in [7, 11) is 0. The highest BCUT2D eigenvalue weighted by Crippen LogP contribution is 2.24. The number of anilines is 1. The molecule has 0 atom stereocenters. The van der Waals surface area contributed by atoms with Gasteiger partial charge in [0.2, 0.25) is 5.91 Å². The quantitative estimate of drug-likeness (QED) is 0.906. The largest absolute Gasteiger partial charge is 0.492 e. The summed E-state index contributed by atoms with van der Waals surface area (Å²) in [5, 5.41) is 10.1. The number of rotatable bonds is 3. The van der Waals surface area contributed by atoms with Crippen LogP contribution >= 0.6 is 0 Å². The van der Waals surface area contributed by atoms with Crippen LogP contribution in [-0.4, -0.2) is 24.2 Å². The van der Waals surface area contributed by atoms with Crippen LogP contribution in [0.15, 0.2) is 22.7 Å². The van der Waals surface area contributed by atoms with Crippen molar-refractivity contribution in [3.8, 4) is 5.75 Å². The van der Waals surface area contributed by atoms with Gasteiger partial charge < -0.3 is 19.9 Å². The van der Waals surface area contributed by atoms with Crippen LogP contribution in [0, 0.1) is 13.8 Å². The molecule has 1 aromatic carbocycles. The van der Waals surface area contributed by atoms with Crippen LogP contribution in [-0.2, 0) is 17.8 Å². The molecule has 0 saturated carbocycles. The fraction of sp³-hybridized carbons (Fsp3) is 0.375. The van der Waals surface area contributed by atoms with E-state index in [0.717, 1.165) is 41.3 Å². The summed E-state index contributed by atoms with van der Waals surface area (Å²) in [4.78, 5) is 12.2. The zero-order valence-electron chi connectivity index (χ0n) is 12.7. The fourth-order valence-corrected chi connectivity index (χ4v) is 2.51. The number of benzene rings is 1. The molecule has 2 N–H and O–H groups in total. The van der Waals surface area contributed by atoms with E-state index in [0.29, 0.717) is 12.4 Å². The predicted octanol–water partition coefficient (Wildman–Crippen LogP) is 1.95. The van der Waals surface area contributed by atoms with Gasteiger partial charge in [-0.3, -0.25) is 4.79 Å². The van der Waals surface area contributed by atoms with Gasteiger partial charge in [-0.05, 0) is 32.0 Å². The summed E-state index contributed by atoms with van der Waals surface area (Å²) in [6.07, 6.45) is 0.257. The minimum absolute atomic E-state index is 0.0863. The molecule has 22 heavy (non-hydrogen) atoms. The molecule has 0 saturated heterocycles. The normalized spacial score (nSPS) is 13.9. The number of carbonyl (C=O) groups is 1. The molecule has 0 bridgehead atoms. The van der Waals surface area contributed by atoms with E-state index < -0.39 is 0 Å². The third-order valence-corrected chi connectivity index (χ3v) is 3.71. The van der Waals surface area contributed by atoms with E-state index in [2.05, 4.69) is 15.8 Å². The van der Waals surface area contributed by atoms with Crippen LogP contribution in [0.25, 0.3) is 0 Å². The van der Waals surface area contributed by atoms with E-state index >= 15 is 0 Å². The SMILES string of the molecule is Cc1noc(C)c1CC(=O)Nc1ccc2c(c1)CNCCO2. The highest BCUT2D eigenvalue weighted by atomic mass is 16.5. The topological polar surface area (TPSA) is 76.4 Å². The van der Waals surface area contributed by atoms with Gasteiger partial charge in [0.25, 0.3) is 0 Å². The van der Waals surface area contributed by atoms with Crippen LogP contribution in [0.2, 0.25) is 0 Å². The van der Waals surface area contributed by atoms with Crippen molar-refractivity contribution in [2.24, 2.45) is 0 Å². The van der Waals surface area contributed by atoms with Gasteiger partial charge in [-0.15, -0.1) is 0 Å². The minimum Gasteiger partial charge on any atom is -0.492 e. The molecule has 0 radical (unpaired) electrons. The first-order chi connectivity index (χ1) is 10.6. The lowest BCUT2D eigenvalue weighted by molar-refractivity contribution is -0.115. The van der Waals surface area contributed by atoms with Gasteiger partial charge in [-0.25, -0.2) is 0 Å². The first-order valence-corrected chi connectivity index (χ1v) is 7.31. The Bertz CT molecular complexity index is 674. The highest BCUT2D eigenvalue weighted by Gasteiger charge is 2.14. The molecular weight excluding hydrogens is 282 g/mol. The zero-order valence-corrected chi connectivity index (χ0v) is 12.7. The Morgan fingerprint density at radius 3 is 3.05 bits per heavy atom. The molecule has 0 unspecified atom stereocenters. The Hall–Kier alpha value is -2.34. The Labute approximate surface area is 128 Å². The molecule has 1 amide bonds. The number of aromatic nitrogens is 1. The number of amides is 1. The first kappa shape index (κ1) is 14.6. The summed E-state index contributed by atoms with van der Waals surface area (Å²) in [6.45, 7) is 5.87. The lowest BCUT2D eigenvalue weighted by Crippen LogP contribution is -2.16. The third-order valence-electron chi connectivity index (χ3n) is 3.71. The van der Waals surface area contributed by atoms with Gasteiger partial charge >= 0.3 is 0 Å². The lowest BCUT2D eigenvalue weighted by Gasteiger charge is -2.10. The van der Waals surface area contributed by atoms with Gasteiger partial charge in [0.15, 0.2) is 0 Å². The monoisotopic (exact) mass is 301 g/mol. The van der Waals surface area contributed by atoms with Crippen LogP contribution < -0.4 is 15.4 Å². The van der Waals surface area contributed by atoms with E-state index in [9.17, 15) is 4.79 Å². The lowest BCUT2D eigenvalue weighted by atomic mass is 10.1. The molecule has 1 aromatic heterocycles. The predicted molar refractivity (Wildman–Crippen MR) is 82.0 cm³/mol. The smallest absolute Gasteiger partial charge is 0.228 e. The number of aryl methyl sites for hydroxylation is 2. The number of hydrogen-bond acceptors (Lipinski definition) is 5. The third kappa shape index (κ3) is 3.12. The van der Waals surface area contributed by atoms with Crippen molar-refractivity contribution in [2.75, 3.05) is 18.5 Å². The fourth-order valence-electron chi connectivity index (χ4n) is 2.51. The van der Waals surface area contributed by atoms with Gasteiger partial charge in [0.05, 0.1) is 12.1 Å².